The van der Waals surface area contributed by atoms with Gasteiger partial charge in [0, 0.05) is 17.9 Å². The molecule has 1 unspecified atom stereocenters. The van der Waals surface area contributed by atoms with Crippen molar-refractivity contribution in [2.45, 2.75) is 42.3 Å². The van der Waals surface area contributed by atoms with Gasteiger partial charge in [-0.05, 0) is 31.4 Å². The number of aromatic nitrogens is 3. The number of thioether (sulfide) groups is 1. The summed E-state index contributed by atoms with van der Waals surface area (Å²) in [6.45, 7) is 2.03. The number of rotatable bonds is 6. The van der Waals surface area contributed by atoms with Crippen LogP contribution < -0.4 is 4.74 Å². The van der Waals surface area contributed by atoms with E-state index in [1.165, 1.54) is 12.8 Å². The zero-order valence-corrected chi connectivity index (χ0v) is 14.2. The van der Waals surface area contributed by atoms with Crippen molar-refractivity contribution in [3.05, 3.63) is 35.1 Å². The van der Waals surface area contributed by atoms with E-state index in [1.807, 2.05) is 24.3 Å². The highest BCUT2D eigenvalue weighted by Gasteiger charge is 2.31. The van der Waals surface area contributed by atoms with Crippen molar-refractivity contribution in [1.82, 2.24) is 14.8 Å². The molecule has 1 atom stereocenters. The molecule has 1 aromatic heterocycles. The SMILES string of the molecule is Clc1ccccc1OCc1nnc(SC2CCOC2)n1C1CC1. The van der Waals surface area contributed by atoms with E-state index < -0.39 is 0 Å². The highest BCUT2D eigenvalue weighted by molar-refractivity contribution is 7.99. The molecule has 0 bridgehead atoms. The van der Waals surface area contributed by atoms with E-state index >= 15 is 0 Å². The van der Waals surface area contributed by atoms with Crippen molar-refractivity contribution in [3.63, 3.8) is 0 Å². The van der Waals surface area contributed by atoms with Gasteiger partial charge in [-0.3, -0.25) is 4.57 Å². The molecule has 1 saturated heterocycles. The van der Waals surface area contributed by atoms with Gasteiger partial charge in [-0.1, -0.05) is 35.5 Å². The van der Waals surface area contributed by atoms with Crippen LogP contribution in [0, 0.1) is 0 Å². The number of benzene rings is 1. The van der Waals surface area contributed by atoms with Crippen LogP contribution in [0.4, 0.5) is 0 Å². The van der Waals surface area contributed by atoms with Crippen LogP contribution in [0.15, 0.2) is 29.4 Å². The summed E-state index contributed by atoms with van der Waals surface area (Å²) < 4.78 is 13.5. The third kappa shape index (κ3) is 3.49. The van der Waals surface area contributed by atoms with Gasteiger partial charge in [0.05, 0.1) is 11.6 Å². The number of nitrogens with zero attached hydrogens (tertiary/aromatic N) is 3. The van der Waals surface area contributed by atoms with E-state index in [1.54, 1.807) is 11.8 Å². The molecule has 1 aliphatic carbocycles. The Labute approximate surface area is 144 Å². The Morgan fingerprint density at radius 1 is 1.26 bits per heavy atom. The lowest BCUT2D eigenvalue weighted by molar-refractivity contribution is 0.199. The van der Waals surface area contributed by atoms with Crippen molar-refractivity contribution in [2.24, 2.45) is 0 Å². The van der Waals surface area contributed by atoms with Crippen LogP contribution in [0.1, 0.15) is 31.1 Å². The normalized spacial score (nSPS) is 20.8. The summed E-state index contributed by atoms with van der Waals surface area (Å²) in [6.07, 6.45) is 3.45. The average Bonchev–Trinajstić information content (AvgIpc) is 3.11. The molecule has 0 spiro atoms. The second kappa shape index (κ2) is 6.71. The van der Waals surface area contributed by atoms with Crippen LogP contribution in [0.2, 0.25) is 5.02 Å². The third-order valence-corrected chi connectivity index (χ3v) is 5.51. The summed E-state index contributed by atoms with van der Waals surface area (Å²) in [5, 5.41) is 10.8. The lowest BCUT2D eigenvalue weighted by Crippen LogP contribution is -2.09. The quantitative estimate of drug-likeness (QED) is 0.793. The molecule has 0 radical (unpaired) electrons. The Morgan fingerprint density at radius 3 is 2.87 bits per heavy atom. The van der Waals surface area contributed by atoms with Gasteiger partial charge < -0.3 is 9.47 Å². The number of ether oxygens (including phenoxy) is 2. The van der Waals surface area contributed by atoms with E-state index in [9.17, 15) is 0 Å². The fourth-order valence-corrected chi connectivity index (χ4v) is 3.97. The molecule has 7 heteroatoms. The fraction of sp³-hybridized carbons (Fsp3) is 0.500. The summed E-state index contributed by atoms with van der Waals surface area (Å²) in [7, 11) is 0. The summed E-state index contributed by atoms with van der Waals surface area (Å²) in [5.74, 6) is 1.55. The number of para-hydroxylation sites is 1. The van der Waals surface area contributed by atoms with Crippen LogP contribution in [0.25, 0.3) is 0 Å². The van der Waals surface area contributed by atoms with Gasteiger partial charge in [0.25, 0.3) is 0 Å². The largest absolute Gasteiger partial charge is 0.484 e. The zero-order chi connectivity index (χ0) is 15.6. The third-order valence-electron chi connectivity index (χ3n) is 4.00. The number of halogens is 1. The molecule has 0 amide bonds. The minimum absolute atomic E-state index is 0.384. The maximum atomic E-state index is 6.14. The molecule has 2 heterocycles. The monoisotopic (exact) mass is 351 g/mol. The van der Waals surface area contributed by atoms with Gasteiger partial charge in [-0.25, -0.2) is 0 Å². The number of hydrogen-bond acceptors (Lipinski definition) is 5. The van der Waals surface area contributed by atoms with Crippen LogP contribution in [-0.4, -0.2) is 33.2 Å². The van der Waals surface area contributed by atoms with Crippen molar-refractivity contribution >= 4 is 23.4 Å². The van der Waals surface area contributed by atoms with Gasteiger partial charge in [0.1, 0.15) is 12.4 Å². The highest BCUT2D eigenvalue weighted by atomic mass is 35.5. The Morgan fingerprint density at radius 2 is 2.13 bits per heavy atom. The van der Waals surface area contributed by atoms with E-state index in [4.69, 9.17) is 21.1 Å². The molecule has 2 fully saturated rings. The topological polar surface area (TPSA) is 49.2 Å². The lowest BCUT2D eigenvalue weighted by atomic mass is 10.3. The Balaban J connectivity index is 1.49. The molecule has 1 saturated carbocycles. The molecular weight excluding hydrogens is 334 g/mol. The first-order chi connectivity index (χ1) is 11.3. The molecule has 5 nitrogen and oxygen atoms in total. The summed E-state index contributed by atoms with van der Waals surface area (Å²) in [5.41, 5.74) is 0. The Bertz CT molecular complexity index is 684. The molecule has 4 rings (SSSR count). The molecule has 2 aliphatic rings. The van der Waals surface area contributed by atoms with Crippen LogP contribution in [0.3, 0.4) is 0 Å². The first-order valence-corrected chi connectivity index (χ1v) is 9.12. The summed E-state index contributed by atoms with van der Waals surface area (Å²) >= 11 is 7.91. The zero-order valence-electron chi connectivity index (χ0n) is 12.7. The van der Waals surface area contributed by atoms with Crippen LogP contribution in [0.5, 0.6) is 5.75 Å². The van der Waals surface area contributed by atoms with E-state index in [-0.39, 0.29) is 0 Å². The van der Waals surface area contributed by atoms with Gasteiger partial charge in [-0.15, -0.1) is 10.2 Å². The number of hydrogen-bond donors (Lipinski definition) is 0. The molecule has 0 N–H and O–H groups in total. The molecule has 2 aromatic rings. The summed E-state index contributed by atoms with van der Waals surface area (Å²) in [4.78, 5) is 0. The maximum Gasteiger partial charge on any atom is 0.191 e. The van der Waals surface area contributed by atoms with Crippen molar-refractivity contribution < 1.29 is 9.47 Å². The van der Waals surface area contributed by atoms with Crippen LogP contribution in [-0.2, 0) is 11.3 Å². The predicted molar refractivity (Wildman–Crippen MR) is 89.2 cm³/mol. The maximum absolute atomic E-state index is 6.14. The first-order valence-electron chi connectivity index (χ1n) is 7.87. The standard InChI is InChI=1S/C16H18ClN3O2S/c17-13-3-1-2-4-14(13)22-10-15-18-19-16(20(15)11-5-6-11)23-12-7-8-21-9-12/h1-4,11-12H,5-10H2. The molecular formula is C16H18ClN3O2S. The Kier molecular flexibility index (Phi) is 4.46. The minimum Gasteiger partial charge on any atom is -0.484 e. The Hall–Kier alpha value is -1.24. The predicted octanol–water partition coefficient (Wildman–Crippen LogP) is 3.73. The lowest BCUT2D eigenvalue weighted by Gasteiger charge is -2.12. The molecule has 1 aromatic carbocycles. The highest BCUT2D eigenvalue weighted by Crippen LogP contribution is 2.40. The molecule has 122 valence electrons. The summed E-state index contributed by atoms with van der Waals surface area (Å²) in [6, 6.07) is 8.00. The first kappa shape index (κ1) is 15.3. The minimum atomic E-state index is 0.384. The van der Waals surface area contributed by atoms with Crippen molar-refractivity contribution in [3.8, 4) is 5.75 Å². The average molecular weight is 352 g/mol. The van der Waals surface area contributed by atoms with Crippen LogP contribution >= 0.6 is 23.4 Å². The van der Waals surface area contributed by atoms with Gasteiger partial charge in [-0.2, -0.15) is 0 Å². The molecule has 1 aliphatic heterocycles. The van der Waals surface area contributed by atoms with Crippen molar-refractivity contribution in [1.29, 1.82) is 0 Å². The fourth-order valence-electron chi connectivity index (χ4n) is 2.64. The second-order valence-corrected chi connectivity index (χ2v) is 7.50. The van der Waals surface area contributed by atoms with Gasteiger partial charge >= 0.3 is 0 Å². The molecule has 23 heavy (non-hydrogen) atoms. The van der Waals surface area contributed by atoms with E-state index in [0.717, 1.165) is 30.6 Å². The second-order valence-electron chi connectivity index (χ2n) is 5.82. The van der Waals surface area contributed by atoms with Crippen molar-refractivity contribution in [2.75, 3.05) is 13.2 Å². The van der Waals surface area contributed by atoms with E-state index in [2.05, 4.69) is 14.8 Å². The van der Waals surface area contributed by atoms with Gasteiger partial charge in [0.2, 0.25) is 0 Å². The van der Waals surface area contributed by atoms with E-state index in [0.29, 0.717) is 28.7 Å². The van der Waals surface area contributed by atoms with Gasteiger partial charge in [0.15, 0.2) is 11.0 Å². The smallest absolute Gasteiger partial charge is 0.191 e.